The summed E-state index contributed by atoms with van der Waals surface area (Å²) in [5.74, 6) is 0.412. The molecule has 33 heavy (non-hydrogen) atoms. The zero-order chi connectivity index (χ0) is 23.3. The zero-order valence-electron chi connectivity index (χ0n) is 18.4. The molecular formula is C24H27N3O5S. The van der Waals surface area contributed by atoms with E-state index in [1.165, 1.54) is 10.4 Å². The molecule has 0 radical (unpaired) electrons. The number of furan rings is 1. The van der Waals surface area contributed by atoms with Crippen LogP contribution >= 0.6 is 0 Å². The number of nitrogens with one attached hydrogen (secondary N) is 2. The maximum atomic E-state index is 13.0. The molecule has 0 saturated carbocycles. The molecule has 0 aliphatic carbocycles. The number of aryl methyl sites for hydroxylation is 1. The molecule has 3 aromatic rings. The third-order valence-electron chi connectivity index (χ3n) is 5.52. The van der Waals surface area contributed by atoms with Crippen LogP contribution in [0.2, 0.25) is 0 Å². The van der Waals surface area contributed by atoms with Gasteiger partial charge < -0.3 is 14.5 Å². The molecule has 1 aliphatic heterocycles. The molecule has 2 heterocycles. The maximum absolute atomic E-state index is 13.0. The first-order valence-electron chi connectivity index (χ1n) is 10.8. The quantitative estimate of drug-likeness (QED) is 0.526. The number of anilines is 1. The largest absolute Gasteiger partial charge is 0.467 e. The van der Waals surface area contributed by atoms with Gasteiger partial charge in [-0.25, -0.2) is 8.42 Å². The second-order valence-electron chi connectivity index (χ2n) is 7.78. The number of amides is 1. The van der Waals surface area contributed by atoms with Gasteiger partial charge in [-0.3, -0.25) is 10.1 Å². The first-order valence-corrected chi connectivity index (χ1v) is 12.2. The van der Waals surface area contributed by atoms with Crippen LogP contribution in [-0.4, -0.2) is 51.5 Å². The van der Waals surface area contributed by atoms with Crippen molar-refractivity contribution < 1.29 is 22.4 Å². The summed E-state index contributed by atoms with van der Waals surface area (Å²) in [5, 5.41) is 6.07. The van der Waals surface area contributed by atoms with Crippen molar-refractivity contribution in [3.8, 4) is 0 Å². The molecule has 1 unspecified atom stereocenters. The number of rotatable bonds is 8. The summed E-state index contributed by atoms with van der Waals surface area (Å²) in [5.41, 5.74) is 2.20. The van der Waals surface area contributed by atoms with Crippen LogP contribution in [0.25, 0.3) is 0 Å². The van der Waals surface area contributed by atoms with Gasteiger partial charge in [0.15, 0.2) is 0 Å². The number of sulfonamides is 1. The molecular weight excluding hydrogens is 442 g/mol. The van der Waals surface area contributed by atoms with E-state index in [2.05, 4.69) is 10.6 Å². The van der Waals surface area contributed by atoms with E-state index in [-0.39, 0.29) is 23.4 Å². The Morgan fingerprint density at radius 1 is 1.06 bits per heavy atom. The standard InChI is InChI=1S/C24H27N3O5S/c1-18-9-10-20(33(29,30)27-11-14-31-15-12-27)16-21(18)26-23(28)17-25-24(22-8-5-13-32-22)19-6-3-2-4-7-19/h2-10,13,16,24-25H,11-12,14-15,17H2,1H3,(H,26,28). The van der Waals surface area contributed by atoms with Gasteiger partial charge in [0.05, 0.1) is 37.0 Å². The minimum absolute atomic E-state index is 0.0140. The lowest BCUT2D eigenvalue weighted by molar-refractivity contribution is -0.115. The van der Waals surface area contributed by atoms with E-state index >= 15 is 0 Å². The lowest BCUT2D eigenvalue weighted by Crippen LogP contribution is -2.40. The van der Waals surface area contributed by atoms with E-state index < -0.39 is 10.0 Å². The Balaban J connectivity index is 1.46. The molecule has 9 heteroatoms. The first kappa shape index (κ1) is 23.2. The number of hydrogen-bond acceptors (Lipinski definition) is 6. The second-order valence-corrected chi connectivity index (χ2v) is 9.72. The Morgan fingerprint density at radius 3 is 2.52 bits per heavy atom. The van der Waals surface area contributed by atoms with Crippen molar-refractivity contribution in [3.05, 3.63) is 83.8 Å². The van der Waals surface area contributed by atoms with Crippen LogP contribution < -0.4 is 10.6 Å². The van der Waals surface area contributed by atoms with Crippen LogP contribution in [0.5, 0.6) is 0 Å². The fourth-order valence-corrected chi connectivity index (χ4v) is 5.14. The number of nitrogens with zero attached hydrogens (tertiary/aromatic N) is 1. The molecule has 1 aliphatic rings. The van der Waals surface area contributed by atoms with Crippen molar-refractivity contribution in [2.75, 3.05) is 38.2 Å². The number of benzene rings is 2. The summed E-state index contributed by atoms with van der Waals surface area (Å²) in [6.45, 7) is 3.21. The summed E-state index contributed by atoms with van der Waals surface area (Å²) in [6.07, 6.45) is 1.59. The average molecular weight is 470 g/mol. The monoisotopic (exact) mass is 469 g/mol. The summed E-state index contributed by atoms with van der Waals surface area (Å²) >= 11 is 0. The summed E-state index contributed by atoms with van der Waals surface area (Å²) < 4.78 is 38.2. The smallest absolute Gasteiger partial charge is 0.243 e. The van der Waals surface area contributed by atoms with E-state index in [0.29, 0.717) is 37.8 Å². The van der Waals surface area contributed by atoms with Crippen LogP contribution in [0.1, 0.15) is 22.9 Å². The Labute approximate surface area is 193 Å². The Kier molecular flexibility index (Phi) is 7.24. The van der Waals surface area contributed by atoms with Gasteiger partial charge in [-0.1, -0.05) is 36.4 Å². The second kappa shape index (κ2) is 10.3. The Hall–Kier alpha value is -2.98. The number of hydrogen-bond donors (Lipinski definition) is 2. The predicted octanol–water partition coefficient (Wildman–Crippen LogP) is 2.93. The van der Waals surface area contributed by atoms with Gasteiger partial charge >= 0.3 is 0 Å². The lowest BCUT2D eigenvalue weighted by Gasteiger charge is -2.26. The summed E-state index contributed by atoms with van der Waals surface area (Å²) in [7, 11) is -3.65. The summed E-state index contributed by atoms with van der Waals surface area (Å²) in [6, 6.07) is 17.8. The van der Waals surface area contributed by atoms with Crippen molar-refractivity contribution in [1.29, 1.82) is 0 Å². The van der Waals surface area contributed by atoms with E-state index in [1.807, 2.05) is 43.3 Å². The van der Waals surface area contributed by atoms with Gasteiger partial charge in [0.25, 0.3) is 0 Å². The minimum Gasteiger partial charge on any atom is -0.467 e. The molecule has 1 saturated heterocycles. The molecule has 0 spiro atoms. The highest BCUT2D eigenvalue weighted by molar-refractivity contribution is 7.89. The van der Waals surface area contributed by atoms with E-state index in [9.17, 15) is 13.2 Å². The van der Waals surface area contributed by atoms with Crippen molar-refractivity contribution in [2.24, 2.45) is 0 Å². The highest BCUT2D eigenvalue weighted by Gasteiger charge is 2.27. The molecule has 4 rings (SSSR count). The van der Waals surface area contributed by atoms with Gasteiger partial charge in [-0.2, -0.15) is 4.31 Å². The van der Waals surface area contributed by atoms with Crippen molar-refractivity contribution >= 4 is 21.6 Å². The third kappa shape index (κ3) is 5.51. The maximum Gasteiger partial charge on any atom is 0.243 e. The molecule has 1 aromatic heterocycles. The number of morpholine rings is 1. The SMILES string of the molecule is Cc1ccc(S(=O)(=O)N2CCOCC2)cc1NC(=O)CNC(c1ccccc1)c1ccco1. The zero-order valence-corrected chi connectivity index (χ0v) is 19.2. The van der Waals surface area contributed by atoms with Crippen LogP contribution in [0.3, 0.4) is 0 Å². The first-order chi connectivity index (χ1) is 15.9. The van der Waals surface area contributed by atoms with Crippen molar-refractivity contribution in [2.45, 2.75) is 17.9 Å². The molecule has 0 bridgehead atoms. The average Bonchev–Trinajstić information content (AvgIpc) is 3.36. The molecule has 174 valence electrons. The predicted molar refractivity (Wildman–Crippen MR) is 124 cm³/mol. The molecule has 1 amide bonds. The third-order valence-corrected chi connectivity index (χ3v) is 7.41. The van der Waals surface area contributed by atoms with E-state index in [1.54, 1.807) is 24.5 Å². The molecule has 1 fully saturated rings. The van der Waals surface area contributed by atoms with Crippen LogP contribution in [0.4, 0.5) is 5.69 Å². The molecule has 8 nitrogen and oxygen atoms in total. The summed E-state index contributed by atoms with van der Waals surface area (Å²) in [4.78, 5) is 12.9. The number of carbonyl (C=O) groups excluding carboxylic acids is 1. The van der Waals surface area contributed by atoms with Crippen LogP contribution in [0, 0.1) is 6.92 Å². The van der Waals surface area contributed by atoms with Gasteiger partial charge in [0.1, 0.15) is 5.76 Å². The van der Waals surface area contributed by atoms with E-state index in [0.717, 1.165) is 11.1 Å². The highest BCUT2D eigenvalue weighted by atomic mass is 32.2. The van der Waals surface area contributed by atoms with Gasteiger partial charge in [0, 0.05) is 18.8 Å². The topological polar surface area (TPSA) is 101 Å². The number of ether oxygens (including phenoxy) is 1. The minimum atomic E-state index is -3.65. The highest BCUT2D eigenvalue weighted by Crippen LogP contribution is 2.24. The van der Waals surface area contributed by atoms with Crippen molar-refractivity contribution in [3.63, 3.8) is 0 Å². The van der Waals surface area contributed by atoms with Crippen molar-refractivity contribution in [1.82, 2.24) is 9.62 Å². The van der Waals surface area contributed by atoms with Crippen LogP contribution in [0.15, 0.2) is 76.2 Å². The van der Waals surface area contributed by atoms with Gasteiger partial charge in [0.2, 0.25) is 15.9 Å². The Bertz CT molecular complexity index is 1170. The molecule has 2 N–H and O–H groups in total. The normalized spacial score (nSPS) is 15.8. The number of carbonyl (C=O) groups is 1. The van der Waals surface area contributed by atoms with Gasteiger partial charge in [-0.15, -0.1) is 0 Å². The Morgan fingerprint density at radius 2 is 1.82 bits per heavy atom. The van der Waals surface area contributed by atoms with Gasteiger partial charge in [-0.05, 0) is 42.3 Å². The fraction of sp³-hybridized carbons (Fsp3) is 0.292. The van der Waals surface area contributed by atoms with Crippen LogP contribution in [-0.2, 0) is 19.6 Å². The molecule has 1 atom stereocenters. The lowest BCUT2D eigenvalue weighted by atomic mass is 10.0. The van der Waals surface area contributed by atoms with E-state index in [4.69, 9.17) is 9.15 Å². The molecule has 2 aromatic carbocycles. The fourth-order valence-electron chi connectivity index (χ4n) is 3.71.